The smallest absolute Gasteiger partial charge is 0.335 e. The number of hydrogen-bond acceptors (Lipinski definition) is 2. The molecule has 0 saturated heterocycles. The van der Waals surface area contributed by atoms with E-state index in [4.69, 9.17) is 5.11 Å². The number of carboxylic acids is 1. The lowest BCUT2D eigenvalue weighted by molar-refractivity contribution is 0.0696. The number of aromatic carboxylic acids is 1. The molecule has 0 heterocycles. The zero-order valence-electron chi connectivity index (χ0n) is 16.1. The highest BCUT2D eigenvalue weighted by atomic mass is 32.1. The summed E-state index contributed by atoms with van der Waals surface area (Å²) in [6.07, 6.45) is 9.63. The molecule has 1 N–H and O–H groups in total. The second-order valence-corrected chi connectivity index (χ2v) is 5.38. The van der Waals surface area contributed by atoms with Gasteiger partial charge >= 0.3 is 5.97 Å². The molecular weight excluding hydrogens is 316 g/mol. The van der Waals surface area contributed by atoms with E-state index in [0.717, 1.165) is 12.0 Å². The first-order valence-corrected chi connectivity index (χ1v) is 8.87. The molecule has 0 unspecified atom stereocenters. The van der Waals surface area contributed by atoms with E-state index in [9.17, 15) is 4.79 Å². The predicted octanol–water partition coefficient (Wildman–Crippen LogP) is 6.87. The van der Waals surface area contributed by atoms with Gasteiger partial charge in [0, 0.05) is 4.90 Å². The number of carbonyl (C=O) groups is 1. The third kappa shape index (κ3) is 10.9. The summed E-state index contributed by atoms with van der Waals surface area (Å²) in [5, 5.41) is 8.57. The highest BCUT2D eigenvalue weighted by Gasteiger charge is 2.02. The zero-order chi connectivity index (χ0) is 19.1. The molecule has 3 heteroatoms. The first-order chi connectivity index (χ1) is 11.4. The number of rotatable bonds is 1. The normalized spacial score (nSPS) is 11.8. The van der Waals surface area contributed by atoms with Gasteiger partial charge in [-0.05, 0) is 44.9 Å². The molecule has 0 radical (unpaired) electrons. The summed E-state index contributed by atoms with van der Waals surface area (Å²) in [7, 11) is 0. The number of carboxylic acid groups (broad SMARTS) is 1. The van der Waals surface area contributed by atoms with Crippen LogP contribution in [0.25, 0.3) is 0 Å². The minimum absolute atomic E-state index is 0.278. The average Bonchev–Trinajstić information content (AvgIpc) is 2.77. The van der Waals surface area contributed by atoms with E-state index in [0.29, 0.717) is 4.90 Å². The van der Waals surface area contributed by atoms with Crippen molar-refractivity contribution in [2.45, 2.75) is 59.8 Å². The van der Waals surface area contributed by atoms with Gasteiger partial charge in [0.1, 0.15) is 0 Å². The van der Waals surface area contributed by atoms with Crippen LogP contribution in [0.3, 0.4) is 0 Å². The number of thiol groups is 1. The molecule has 0 saturated carbocycles. The van der Waals surface area contributed by atoms with Crippen molar-refractivity contribution in [1.29, 1.82) is 0 Å². The van der Waals surface area contributed by atoms with Crippen LogP contribution in [0.15, 0.2) is 58.5 Å². The second-order valence-electron chi connectivity index (χ2n) is 4.89. The van der Waals surface area contributed by atoms with Gasteiger partial charge in [0.05, 0.1) is 5.56 Å². The van der Waals surface area contributed by atoms with E-state index in [1.165, 1.54) is 11.1 Å². The minimum Gasteiger partial charge on any atom is -0.478 e. The molecule has 0 fully saturated rings. The van der Waals surface area contributed by atoms with Crippen molar-refractivity contribution >= 4 is 18.6 Å². The van der Waals surface area contributed by atoms with Crippen LogP contribution in [0.1, 0.15) is 63.9 Å². The van der Waals surface area contributed by atoms with Crippen LogP contribution in [0.4, 0.5) is 0 Å². The highest BCUT2D eigenvalue weighted by Crippen LogP contribution is 2.14. The van der Waals surface area contributed by atoms with Crippen molar-refractivity contribution in [3.63, 3.8) is 0 Å². The fourth-order valence-electron chi connectivity index (χ4n) is 1.74. The third-order valence-corrected chi connectivity index (χ3v) is 3.37. The Balaban J connectivity index is 0. The summed E-state index contributed by atoms with van der Waals surface area (Å²) in [6.45, 7) is 14.2. The Morgan fingerprint density at radius 2 is 1.42 bits per heavy atom. The van der Waals surface area contributed by atoms with Gasteiger partial charge in [-0.25, -0.2) is 4.79 Å². The molecule has 0 atom stereocenters. The van der Waals surface area contributed by atoms with Crippen molar-refractivity contribution in [2.75, 3.05) is 0 Å². The van der Waals surface area contributed by atoms with E-state index in [-0.39, 0.29) is 5.56 Å². The maximum Gasteiger partial charge on any atom is 0.335 e. The third-order valence-electron chi connectivity index (χ3n) is 2.89. The van der Waals surface area contributed by atoms with Gasteiger partial charge in [0.25, 0.3) is 0 Å². The molecule has 1 aromatic carbocycles. The molecule has 2 rings (SSSR count). The average molecular weight is 349 g/mol. The van der Waals surface area contributed by atoms with Gasteiger partial charge in [-0.3, -0.25) is 0 Å². The quantitative estimate of drug-likeness (QED) is 0.543. The second kappa shape index (κ2) is 14.8. The molecule has 0 amide bonds. The summed E-state index contributed by atoms with van der Waals surface area (Å²) in [5.74, 6) is -0.916. The lowest BCUT2D eigenvalue weighted by Crippen LogP contribution is -1.95. The summed E-state index contributed by atoms with van der Waals surface area (Å²) in [6, 6.07) is 4.85. The van der Waals surface area contributed by atoms with E-state index in [1.807, 2.05) is 34.6 Å². The van der Waals surface area contributed by atoms with Crippen LogP contribution in [0, 0.1) is 6.92 Å². The van der Waals surface area contributed by atoms with Crippen molar-refractivity contribution in [3.8, 4) is 0 Å². The van der Waals surface area contributed by atoms with Crippen LogP contribution in [-0.4, -0.2) is 11.1 Å². The SMILES string of the molecule is CC.CC.CC1=CC=CC=C(C)C1.Cc1ccc(C(=O)O)cc1S. The lowest BCUT2D eigenvalue weighted by Gasteiger charge is -1.98. The minimum atomic E-state index is -0.916. The fourth-order valence-corrected chi connectivity index (χ4v) is 1.95. The number of aryl methyl sites for hydroxylation is 1. The van der Waals surface area contributed by atoms with Crippen LogP contribution < -0.4 is 0 Å². The van der Waals surface area contributed by atoms with Crippen LogP contribution in [0.2, 0.25) is 0 Å². The molecule has 0 aliphatic heterocycles. The number of benzene rings is 1. The van der Waals surface area contributed by atoms with Crippen molar-refractivity contribution in [1.82, 2.24) is 0 Å². The maximum atomic E-state index is 10.4. The van der Waals surface area contributed by atoms with Gasteiger partial charge in [-0.15, -0.1) is 12.6 Å². The Labute approximate surface area is 153 Å². The number of allylic oxidation sites excluding steroid dienone is 6. The van der Waals surface area contributed by atoms with E-state index in [2.05, 4.69) is 50.8 Å². The van der Waals surface area contributed by atoms with Gasteiger partial charge in [0.2, 0.25) is 0 Å². The number of hydrogen-bond donors (Lipinski definition) is 2. The molecule has 134 valence electrons. The van der Waals surface area contributed by atoms with Gasteiger partial charge in [0.15, 0.2) is 0 Å². The van der Waals surface area contributed by atoms with Crippen LogP contribution in [0.5, 0.6) is 0 Å². The first kappa shape index (κ1) is 24.5. The molecule has 1 aliphatic carbocycles. The van der Waals surface area contributed by atoms with Gasteiger partial charge < -0.3 is 5.11 Å². The standard InChI is InChI=1S/C9H12.C8H8O2S.2C2H6/c1-8-5-3-4-6-9(2)7-8;1-5-2-3-6(8(9)10)4-7(5)11;2*1-2/h3-6H,7H2,1-2H3;2-4,11H,1H3,(H,9,10);2*1-2H3. The van der Waals surface area contributed by atoms with Crippen LogP contribution in [-0.2, 0) is 0 Å². The molecule has 2 nitrogen and oxygen atoms in total. The Morgan fingerprint density at radius 1 is 0.958 bits per heavy atom. The van der Waals surface area contributed by atoms with Crippen molar-refractivity contribution in [3.05, 3.63) is 64.8 Å². The summed E-state index contributed by atoms with van der Waals surface area (Å²) >= 11 is 4.10. The van der Waals surface area contributed by atoms with Gasteiger partial charge in [-0.2, -0.15) is 0 Å². The molecule has 0 bridgehead atoms. The molecule has 0 spiro atoms. The molecule has 0 aromatic heterocycles. The summed E-state index contributed by atoms with van der Waals surface area (Å²) in [4.78, 5) is 11.1. The highest BCUT2D eigenvalue weighted by molar-refractivity contribution is 7.80. The monoisotopic (exact) mass is 348 g/mol. The largest absolute Gasteiger partial charge is 0.478 e. The molecule has 1 aliphatic rings. The van der Waals surface area contributed by atoms with Crippen molar-refractivity contribution < 1.29 is 9.90 Å². The van der Waals surface area contributed by atoms with Gasteiger partial charge in [-0.1, -0.05) is 69.2 Å². The zero-order valence-corrected chi connectivity index (χ0v) is 16.9. The van der Waals surface area contributed by atoms with E-state index < -0.39 is 5.97 Å². The predicted molar refractivity (Wildman–Crippen MR) is 109 cm³/mol. The first-order valence-electron chi connectivity index (χ1n) is 8.42. The fraction of sp³-hybridized carbons (Fsp3) is 0.381. The lowest BCUT2D eigenvalue weighted by atomic mass is 10.1. The molecule has 1 aromatic rings. The maximum absolute atomic E-state index is 10.4. The van der Waals surface area contributed by atoms with Crippen molar-refractivity contribution in [2.24, 2.45) is 0 Å². The molecular formula is C21H32O2S. The van der Waals surface area contributed by atoms with E-state index in [1.54, 1.807) is 18.2 Å². The Bertz CT molecular complexity index is 562. The van der Waals surface area contributed by atoms with Crippen LogP contribution >= 0.6 is 12.6 Å². The molecule has 24 heavy (non-hydrogen) atoms. The Morgan fingerprint density at radius 3 is 1.79 bits per heavy atom. The van der Waals surface area contributed by atoms with E-state index >= 15 is 0 Å². The Kier molecular flexibility index (Phi) is 15.1. The Hall–Kier alpha value is -1.74. The summed E-state index contributed by atoms with van der Waals surface area (Å²) in [5.41, 5.74) is 4.15. The summed E-state index contributed by atoms with van der Waals surface area (Å²) < 4.78 is 0. The topological polar surface area (TPSA) is 37.3 Å².